The van der Waals surface area contributed by atoms with E-state index in [9.17, 15) is 22.8 Å². The molecular weight excluding hydrogens is 1010 g/mol. The molecule has 3 aromatic rings. The third-order valence-electron chi connectivity index (χ3n) is 10.4. The zero-order valence-electron chi connectivity index (χ0n) is 30.7. The topological polar surface area (TPSA) is 166 Å². The van der Waals surface area contributed by atoms with E-state index in [1.54, 1.807) is 18.0 Å². The van der Waals surface area contributed by atoms with E-state index < -0.39 is 51.5 Å². The average Bonchev–Trinajstić information content (AvgIpc) is 3.93. The number of carbonyl (C=O) groups excluding carboxylic acids is 3. The van der Waals surface area contributed by atoms with E-state index in [1.807, 2.05) is 34.4 Å². The molecule has 7 rings (SSSR count). The largest absolute Gasteiger partial charge is 0.495 e. The fourth-order valence-electron chi connectivity index (χ4n) is 7.15. The third kappa shape index (κ3) is 7.87. The Labute approximate surface area is 318 Å². The molecule has 1 aromatic carbocycles. The van der Waals surface area contributed by atoms with Crippen molar-refractivity contribution in [2.45, 2.75) is 82.8 Å². The Bertz CT molecular complexity index is 2080. The normalized spacial score (nSPS) is 26.0. The minimum absolute atomic E-state index is 0. The Morgan fingerprint density at radius 1 is 1.15 bits per heavy atom. The van der Waals surface area contributed by atoms with Gasteiger partial charge in [-0.05, 0) is 56.6 Å². The van der Waals surface area contributed by atoms with Crippen LogP contribution in [-0.2, 0) is 28.9 Å². The number of methoxy groups -OCH3 is 1. The van der Waals surface area contributed by atoms with Crippen molar-refractivity contribution in [3.8, 4) is 22.2 Å². The second kappa shape index (κ2) is 15.2. The number of hydrogen-bond acceptors (Lipinski definition) is 11. The Kier molecular flexibility index (Phi) is 10.9. The molecule has 5 atom stereocenters. The van der Waals surface area contributed by atoms with Crippen LogP contribution in [0.15, 0.2) is 35.7 Å². The van der Waals surface area contributed by atoms with Crippen molar-refractivity contribution in [2.75, 3.05) is 20.7 Å². The molecule has 17 heteroatoms. The maximum atomic E-state index is 14.3. The molecule has 2 N–H and O–H groups in total. The molecule has 0 saturated heterocycles. The van der Waals surface area contributed by atoms with Crippen LogP contribution in [-0.4, -0.2) is 73.4 Å². The molecule has 3 aliphatic carbocycles. The van der Waals surface area contributed by atoms with Crippen LogP contribution in [0.2, 0.25) is 5.02 Å². The quantitative estimate of drug-likeness (QED) is 0.201. The number of halogens is 1. The number of allylic oxidation sites excluding steroid dienone is 1. The van der Waals surface area contributed by atoms with E-state index in [0.717, 1.165) is 18.5 Å². The van der Waals surface area contributed by atoms with Gasteiger partial charge in [0.25, 0.3) is 5.91 Å². The molecule has 3 fully saturated rings. The molecule has 0 unspecified atom stereocenters. The molecule has 0 radical (unpaired) electrons. The van der Waals surface area contributed by atoms with Gasteiger partial charge in [-0.25, -0.2) is 14.7 Å². The molecule has 2 aromatic heterocycles. The molecule has 0 spiro atoms. The maximum absolute atomic E-state index is 14.3. The summed E-state index contributed by atoms with van der Waals surface area (Å²) in [6.45, 7) is 4.66. The Morgan fingerprint density at radius 2 is 1.91 bits per heavy atom. The summed E-state index contributed by atoms with van der Waals surface area (Å²) < 4.78 is 44.4. The molecular formula is C37H43ClN5O8RfS2-. The van der Waals surface area contributed by atoms with Gasteiger partial charge < -0.3 is 23.9 Å². The molecule has 1 aliphatic heterocycles. The van der Waals surface area contributed by atoms with E-state index in [4.69, 9.17) is 35.2 Å². The number of ether oxygens (including phenoxy) is 2. The molecule has 13 nitrogen and oxygen atoms in total. The standard InChI is InChI=1S/C37H43ClN5O8S2.Rf/c1-20(2)28-19-52-34(40-28)27-17-30(24-12-13-29(49-4)31(38)32(24)39-27)50-23-15-25-26(16-23)35(45)43(3)14-8-6-5-7-9-21-18-37(21,41-33(25)44)36(46)42-53(47,48)51-22-10-11-22;/h7,9,12-13,17,19-21,23,25-26H,5-6,8,10-11,14-16,18H2,1-4H3,(H,41,44)(H,42,46);/q-1;/t21-,23+,25+,26+,37+;/m0./s1. The zero-order valence-corrected chi connectivity index (χ0v) is 39.5. The summed E-state index contributed by atoms with van der Waals surface area (Å²) in [5, 5.41) is 6.52. The first-order valence-corrected chi connectivity index (χ1v) is 20.6. The third-order valence-corrected chi connectivity index (χ3v) is 12.5. The van der Waals surface area contributed by atoms with Gasteiger partial charge in [-0.1, -0.05) is 37.6 Å². The first kappa shape index (κ1) is 38.9. The number of aromatic nitrogens is 2. The van der Waals surface area contributed by atoms with Gasteiger partial charge in [-0.3, -0.25) is 14.4 Å². The molecule has 0 bridgehead atoms. The Balaban J connectivity index is 0.00000497. The van der Waals surface area contributed by atoms with Crippen LogP contribution in [0.25, 0.3) is 21.6 Å². The van der Waals surface area contributed by atoms with E-state index in [1.165, 1.54) is 18.4 Å². The number of nitrogens with one attached hydrogen (secondary N) is 2. The SMILES string of the molecule is COc1ccc2c(O[C@@H]3C[C@H]4C(=O)N[C@]5(C(=O)NS(=O)(=O)O[C-]6CC6)C[C@@H]5C=CCCCCN(C)C(=O)[C@@H]4C3)cc(-c3nc(C(C)C)cs3)nc2c1Cl.[Rf]. The minimum atomic E-state index is -4.40. The first-order chi connectivity index (χ1) is 25.3. The van der Waals surface area contributed by atoms with Crippen molar-refractivity contribution in [2.24, 2.45) is 17.8 Å². The van der Waals surface area contributed by atoms with Crippen LogP contribution in [0.5, 0.6) is 11.5 Å². The summed E-state index contributed by atoms with van der Waals surface area (Å²) in [6.07, 6.45) is 7.53. The van der Waals surface area contributed by atoms with Gasteiger partial charge >= 0.3 is 10.3 Å². The number of nitrogens with zero attached hydrogens (tertiary/aromatic N) is 3. The fourth-order valence-corrected chi connectivity index (χ4v) is 9.30. The van der Waals surface area contributed by atoms with Crippen LogP contribution in [0.4, 0.5) is 0 Å². The molecule has 286 valence electrons. The van der Waals surface area contributed by atoms with Gasteiger partial charge in [0.15, 0.2) is 0 Å². The van der Waals surface area contributed by atoms with E-state index in [2.05, 4.69) is 19.2 Å². The van der Waals surface area contributed by atoms with Gasteiger partial charge in [0, 0.05) is 36.3 Å². The van der Waals surface area contributed by atoms with Gasteiger partial charge in [-0.2, -0.15) is 27.4 Å². The molecule has 3 amide bonds. The summed E-state index contributed by atoms with van der Waals surface area (Å²) in [5.41, 5.74) is 0.452. The number of carbonyl (C=O) groups is 3. The summed E-state index contributed by atoms with van der Waals surface area (Å²) >= 11 is 8.26. The molecule has 3 saturated carbocycles. The predicted molar refractivity (Wildman–Crippen MR) is 199 cm³/mol. The van der Waals surface area contributed by atoms with Gasteiger partial charge in [0.2, 0.25) is 11.8 Å². The van der Waals surface area contributed by atoms with Crippen molar-refractivity contribution in [3.63, 3.8) is 0 Å². The fraction of sp³-hybridized carbons (Fsp3) is 0.514. The summed E-state index contributed by atoms with van der Waals surface area (Å²) in [4.78, 5) is 53.2. The number of thiazole rings is 1. The van der Waals surface area contributed by atoms with E-state index in [-0.39, 0.29) is 31.1 Å². The molecule has 3 heterocycles. The number of fused-ring (bicyclic) bond motifs is 3. The number of rotatable bonds is 9. The van der Waals surface area contributed by atoms with Crippen molar-refractivity contribution in [1.29, 1.82) is 0 Å². The van der Waals surface area contributed by atoms with Crippen molar-refractivity contribution in [3.05, 3.63) is 52.6 Å². The first-order valence-electron chi connectivity index (χ1n) is 17.9. The van der Waals surface area contributed by atoms with Crippen LogP contribution in [0.1, 0.15) is 76.8 Å². The number of pyridine rings is 1. The summed E-state index contributed by atoms with van der Waals surface area (Å²) in [7, 11) is -1.14. The summed E-state index contributed by atoms with van der Waals surface area (Å²) in [6, 6.07) is 5.35. The van der Waals surface area contributed by atoms with Crippen LogP contribution in [0, 0.1) is 23.9 Å². The van der Waals surface area contributed by atoms with E-state index in [0.29, 0.717) is 70.0 Å². The van der Waals surface area contributed by atoms with Gasteiger partial charge in [0.05, 0.1) is 30.2 Å². The summed E-state index contributed by atoms with van der Waals surface area (Å²) in [5.74, 6) is -2.46. The van der Waals surface area contributed by atoms with Crippen LogP contribution >= 0.6 is 22.9 Å². The number of amides is 3. The number of hydrogen-bond donors (Lipinski definition) is 2. The Morgan fingerprint density at radius 3 is 2.61 bits per heavy atom. The minimum Gasteiger partial charge on any atom is -0.495 e. The van der Waals surface area contributed by atoms with Crippen molar-refractivity contribution in [1.82, 2.24) is 24.9 Å². The Hall–Kier alpha value is -4.79. The number of benzene rings is 1. The predicted octanol–water partition coefficient (Wildman–Crippen LogP) is 5.69. The maximum Gasteiger partial charge on any atom is 0.332 e. The monoisotopic (exact) mass is 1050 g/mol. The second-order valence-electron chi connectivity index (χ2n) is 14.6. The van der Waals surface area contributed by atoms with Gasteiger partial charge in [0.1, 0.15) is 38.9 Å². The smallest absolute Gasteiger partial charge is 0.332 e. The average molecular weight is 1050 g/mol. The van der Waals surface area contributed by atoms with Crippen LogP contribution < -0.4 is 19.5 Å². The van der Waals surface area contributed by atoms with Crippen LogP contribution in [0.3, 0.4) is 0 Å². The van der Waals surface area contributed by atoms with E-state index >= 15 is 0 Å². The van der Waals surface area contributed by atoms with Crippen molar-refractivity contribution < 1.29 is 36.5 Å². The zero-order chi connectivity index (χ0) is 37.7. The van der Waals surface area contributed by atoms with Crippen molar-refractivity contribution >= 4 is 61.9 Å². The van der Waals surface area contributed by atoms with Gasteiger partial charge in [-0.15, -0.1) is 11.3 Å². The molecule has 54 heavy (non-hydrogen) atoms. The molecule has 4 aliphatic rings. The second-order valence-corrected chi connectivity index (χ2v) is 17.1.